The summed E-state index contributed by atoms with van der Waals surface area (Å²) in [6.07, 6.45) is 6.38. The average molecular weight is 261 g/mol. The summed E-state index contributed by atoms with van der Waals surface area (Å²) in [5.74, 6) is 1.67. The van der Waals surface area contributed by atoms with Crippen LogP contribution in [0.3, 0.4) is 0 Å². The van der Waals surface area contributed by atoms with Crippen LogP contribution in [-0.2, 0) is 4.74 Å². The van der Waals surface area contributed by atoms with Gasteiger partial charge in [0, 0.05) is 19.1 Å². The Morgan fingerprint density at radius 2 is 1.82 bits per heavy atom. The Labute approximate surface area is 112 Å². The number of ether oxygens (including phenoxy) is 1. The second-order valence-corrected chi connectivity index (χ2v) is 6.99. The zero-order valence-corrected chi connectivity index (χ0v) is 12.8. The van der Waals surface area contributed by atoms with Crippen LogP contribution in [0.5, 0.6) is 0 Å². The van der Waals surface area contributed by atoms with Crippen molar-refractivity contribution in [3.05, 3.63) is 0 Å². The molecule has 0 atom stereocenters. The van der Waals surface area contributed by atoms with E-state index in [9.17, 15) is 0 Å². The monoisotopic (exact) mass is 260 g/mol. The maximum Gasteiger partial charge on any atom is 0.0471 e. The summed E-state index contributed by atoms with van der Waals surface area (Å²) in [5, 5.41) is 0. The fraction of sp³-hybridized carbons (Fsp3) is 1.00. The second kappa shape index (κ2) is 6.43. The summed E-state index contributed by atoms with van der Waals surface area (Å²) in [6, 6.07) is 0. The van der Waals surface area contributed by atoms with Gasteiger partial charge in [-0.05, 0) is 55.8 Å². The fourth-order valence-electron chi connectivity index (χ4n) is 2.98. The van der Waals surface area contributed by atoms with Gasteiger partial charge in [-0.1, -0.05) is 20.8 Å². The zero-order valence-electron chi connectivity index (χ0n) is 12.0. The van der Waals surface area contributed by atoms with Crippen LogP contribution in [-0.4, -0.2) is 19.1 Å². The van der Waals surface area contributed by atoms with Gasteiger partial charge in [0.15, 0.2) is 0 Å². The van der Waals surface area contributed by atoms with Crippen LogP contribution in [0.4, 0.5) is 0 Å². The first kappa shape index (κ1) is 15.3. The van der Waals surface area contributed by atoms with Crippen molar-refractivity contribution in [2.45, 2.75) is 59.8 Å². The summed E-state index contributed by atoms with van der Waals surface area (Å²) in [4.78, 5) is 0. The molecule has 0 spiro atoms. The van der Waals surface area contributed by atoms with Gasteiger partial charge >= 0.3 is 0 Å². The molecular formula is C15H29ClO. The van der Waals surface area contributed by atoms with Crippen molar-refractivity contribution in [2.75, 3.05) is 19.1 Å². The first-order valence-electron chi connectivity index (χ1n) is 7.07. The molecule has 0 N–H and O–H groups in total. The van der Waals surface area contributed by atoms with Crippen molar-refractivity contribution < 1.29 is 4.74 Å². The Balaban J connectivity index is 2.45. The van der Waals surface area contributed by atoms with Crippen LogP contribution in [0.25, 0.3) is 0 Å². The fourth-order valence-corrected chi connectivity index (χ4v) is 3.38. The summed E-state index contributed by atoms with van der Waals surface area (Å²) in [6.45, 7) is 10.9. The maximum atomic E-state index is 6.22. The van der Waals surface area contributed by atoms with Gasteiger partial charge in [-0.15, -0.1) is 11.6 Å². The average Bonchev–Trinajstić information content (AvgIpc) is 2.29. The topological polar surface area (TPSA) is 9.23 Å². The largest absolute Gasteiger partial charge is 0.382 e. The minimum atomic E-state index is 0.360. The Morgan fingerprint density at radius 1 is 1.24 bits per heavy atom. The highest BCUT2D eigenvalue weighted by atomic mass is 35.5. The van der Waals surface area contributed by atoms with Crippen molar-refractivity contribution >= 4 is 11.6 Å². The molecule has 0 aromatic rings. The number of rotatable bonds is 5. The molecule has 0 heterocycles. The predicted molar refractivity (Wildman–Crippen MR) is 75.7 cm³/mol. The highest BCUT2D eigenvalue weighted by Gasteiger charge is 2.37. The third-order valence-electron chi connectivity index (χ3n) is 4.54. The van der Waals surface area contributed by atoms with Crippen LogP contribution in [0.2, 0.25) is 0 Å². The molecule has 0 aromatic heterocycles. The third-order valence-corrected chi connectivity index (χ3v) is 5.10. The van der Waals surface area contributed by atoms with Gasteiger partial charge in [-0.2, -0.15) is 0 Å². The third kappa shape index (κ3) is 4.44. The molecule has 0 bridgehead atoms. The van der Waals surface area contributed by atoms with Crippen LogP contribution in [0, 0.1) is 16.7 Å². The second-order valence-electron chi connectivity index (χ2n) is 6.72. The van der Waals surface area contributed by atoms with E-state index in [0.717, 1.165) is 31.4 Å². The summed E-state index contributed by atoms with van der Waals surface area (Å²) < 4.78 is 5.50. The highest BCUT2D eigenvalue weighted by molar-refractivity contribution is 6.18. The van der Waals surface area contributed by atoms with Crippen LogP contribution in [0.15, 0.2) is 0 Å². The van der Waals surface area contributed by atoms with Crippen LogP contribution < -0.4 is 0 Å². The van der Waals surface area contributed by atoms with E-state index < -0.39 is 0 Å². The number of halogens is 1. The molecule has 1 fully saturated rings. The predicted octanol–water partition coefficient (Wildman–Crippen LogP) is 4.87. The lowest BCUT2D eigenvalue weighted by atomic mass is 9.64. The van der Waals surface area contributed by atoms with E-state index in [0.29, 0.717) is 10.8 Å². The SMILES string of the molecule is CCOCCC1(CCl)CCC(C(C)(C)C)CC1. The minimum Gasteiger partial charge on any atom is -0.382 e. The molecule has 0 amide bonds. The molecule has 0 radical (unpaired) electrons. The first-order chi connectivity index (χ1) is 7.93. The van der Waals surface area contributed by atoms with Crippen molar-refractivity contribution in [1.82, 2.24) is 0 Å². The molecular weight excluding hydrogens is 232 g/mol. The van der Waals surface area contributed by atoms with E-state index in [1.165, 1.54) is 25.7 Å². The normalized spacial score (nSPS) is 30.5. The van der Waals surface area contributed by atoms with Crippen molar-refractivity contribution in [3.63, 3.8) is 0 Å². The molecule has 1 aliphatic rings. The van der Waals surface area contributed by atoms with E-state index in [1.54, 1.807) is 0 Å². The number of hydrogen-bond donors (Lipinski definition) is 0. The standard InChI is InChI=1S/C15H29ClO/c1-5-17-11-10-15(12-16)8-6-13(7-9-15)14(2,3)4/h13H,5-12H2,1-4H3. The van der Waals surface area contributed by atoms with Gasteiger partial charge in [0.25, 0.3) is 0 Å². The van der Waals surface area contributed by atoms with Gasteiger partial charge < -0.3 is 4.74 Å². The molecule has 0 saturated heterocycles. The number of hydrogen-bond acceptors (Lipinski definition) is 1. The van der Waals surface area contributed by atoms with E-state index in [1.807, 2.05) is 0 Å². The summed E-state index contributed by atoms with van der Waals surface area (Å²) >= 11 is 6.22. The first-order valence-corrected chi connectivity index (χ1v) is 7.61. The number of alkyl halides is 1. The molecule has 0 aliphatic heterocycles. The molecule has 2 heteroatoms. The van der Waals surface area contributed by atoms with E-state index in [2.05, 4.69) is 27.7 Å². The van der Waals surface area contributed by atoms with Crippen molar-refractivity contribution in [2.24, 2.45) is 16.7 Å². The lowest BCUT2D eigenvalue weighted by Gasteiger charge is -2.43. The molecule has 1 saturated carbocycles. The van der Waals surface area contributed by atoms with E-state index in [-0.39, 0.29) is 0 Å². The summed E-state index contributed by atoms with van der Waals surface area (Å²) in [5.41, 5.74) is 0.816. The smallest absolute Gasteiger partial charge is 0.0471 e. The van der Waals surface area contributed by atoms with Crippen LogP contribution in [0.1, 0.15) is 59.8 Å². The van der Waals surface area contributed by atoms with Crippen molar-refractivity contribution in [3.8, 4) is 0 Å². The lowest BCUT2D eigenvalue weighted by Crippen LogP contribution is -2.34. The maximum absolute atomic E-state index is 6.22. The lowest BCUT2D eigenvalue weighted by molar-refractivity contribution is 0.0585. The Bertz CT molecular complexity index is 211. The van der Waals surface area contributed by atoms with E-state index in [4.69, 9.17) is 16.3 Å². The van der Waals surface area contributed by atoms with Crippen LogP contribution >= 0.6 is 11.6 Å². The minimum absolute atomic E-state index is 0.360. The quantitative estimate of drug-likeness (QED) is 0.506. The van der Waals surface area contributed by atoms with Gasteiger partial charge in [0.1, 0.15) is 0 Å². The molecule has 1 rings (SSSR count). The van der Waals surface area contributed by atoms with Gasteiger partial charge in [0.2, 0.25) is 0 Å². The Kier molecular flexibility index (Phi) is 5.79. The Hall–Kier alpha value is 0.250. The van der Waals surface area contributed by atoms with Gasteiger partial charge in [-0.25, -0.2) is 0 Å². The molecule has 102 valence electrons. The summed E-state index contributed by atoms with van der Waals surface area (Å²) in [7, 11) is 0. The zero-order chi connectivity index (χ0) is 12.9. The molecule has 1 aliphatic carbocycles. The van der Waals surface area contributed by atoms with E-state index >= 15 is 0 Å². The molecule has 0 aromatic carbocycles. The molecule has 1 nitrogen and oxygen atoms in total. The molecule has 17 heavy (non-hydrogen) atoms. The van der Waals surface area contributed by atoms with Gasteiger partial charge in [0.05, 0.1) is 0 Å². The Morgan fingerprint density at radius 3 is 2.24 bits per heavy atom. The highest BCUT2D eigenvalue weighted by Crippen LogP contribution is 2.47. The van der Waals surface area contributed by atoms with Crippen molar-refractivity contribution in [1.29, 1.82) is 0 Å². The molecule has 0 unspecified atom stereocenters. The van der Waals surface area contributed by atoms with Gasteiger partial charge in [-0.3, -0.25) is 0 Å².